The Hall–Kier alpha value is -1.05. The molecule has 1 aliphatic rings. The number of aromatic nitrogens is 1. The van der Waals surface area contributed by atoms with Crippen LogP contribution in [0.4, 0.5) is 5.69 Å². The Bertz CT molecular complexity index is 329. The number of aryl methyl sites for hydroxylation is 1. The fraction of sp³-hybridized carbons (Fsp3) is 0.615. The van der Waals surface area contributed by atoms with E-state index in [2.05, 4.69) is 29.4 Å². The van der Waals surface area contributed by atoms with Crippen molar-refractivity contribution >= 4 is 5.69 Å². The SMILES string of the molecule is CCCC1(CNc2ccnc(C)c2)CC1. The van der Waals surface area contributed by atoms with E-state index < -0.39 is 0 Å². The zero-order valence-electron chi connectivity index (χ0n) is 9.71. The van der Waals surface area contributed by atoms with Crippen LogP contribution in [0.15, 0.2) is 18.3 Å². The van der Waals surface area contributed by atoms with E-state index in [1.165, 1.54) is 31.4 Å². The molecular formula is C13H20N2. The molecule has 0 radical (unpaired) electrons. The molecule has 1 aliphatic carbocycles. The molecule has 2 heteroatoms. The maximum atomic E-state index is 4.20. The van der Waals surface area contributed by atoms with Crippen LogP contribution in [0, 0.1) is 12.3 Å². The Labute approximate surface area is 92.1 Å². The van der Waals surface area contributed by atoms with Crippen LogP contribution in [0.2, 0.25) is 0 Å². The van der Waals surface area contributed by atoms with E-state index in [1.807, 2.05) is 13.1 Å². The van der Waals surface area contributed by atoms with E-state index in [-0.39, 0.29) is 0 Å². The van der Waals surface area contributed by atoms with E-state index in [0.717, 1.165) is 12.2 Å². The predicted octanol–water partition coefficient (Wildman–Crippen LogP) is 3.38. The number of hydrogen-bond acceptors (Lipinski definition) is 2. The Morgan fingerprint density at radius 1 is 1.47 bits per heavy atom. The standard InChI is InChI=1S/C13H20N2/c1-3-5-13(6-7-13)10-15-12-4-8-14-11(2)9-12/h4,8-9H,3,5-7,10H2,1-2H3,(H,14,15). The number of anilines is 1. The number of pyridine rings is 1. The van der Waals surface area contributed by atoms with Gasteiger partial charge in [-0.3, -0.25) is 4.98 Å². The van der Waals surface area contributed by atoms with Gasteiger partial charge in [-0.2, -0.15) is 0 Å². The molecule has 82 valence electrons. The second-order valence-corrected chi connectivity index (χ2v) is 4.79. The van der Waals surface area contributed by atoms with Crippen molar-refractivity contribution in [2.24, 2.45) is 5.41 Å². The Kier molecular flexibility index (Phi) is 2.94. The molecule has 0 aromatic carbocycles. The molecule has 0 atom stereocenters. The summed E-state index contributed by atoms with van der Waals surface area (Å²) in [6, 6.07) is 4.16. The summed E-state index contributed by atoms with van der Waals surface area (Å²) in [6.45, 7) is 5.44. The van der Waals surface area contributed by atoms with Gasteiger partial charge in [-0.15, -0.1) is 0 Å². The lowest BCUT2D eigenvalue weighted by Crippen LogP contribution is -2.15. The molecule has 0 saturated heterocycles. The first-order valence-corrected chi connectivity index (χ1v) is 5.91. The van der Waals surface area contributed by atoms with Gasteiger partial charge in [-0.1, -0.05) is 13.3 Å². The molecule has 0 amide bonds. The van der Waals surface area contributed by atoms with Gasteiger partial charge in [0, 0.05) is 24.1 Å². The minimum absolute atomic E-state index is 0.617. The second kappa shape index (κ2) is 4.21. The fourth-order valence-corrected chi connectivity index (χ4v) is 2.17. The van der Waals surface area contributed by atoms with E-state index in [1.54, 1.807) is 0 Å². The lowest BCUT2D eigenvalue weighted by molar-refractivity contribution is 0.485. The number of hydrogen-bond donors (Lipinski definition) is 1. The number of nitrogens with zero attached hydrogens (tertiary/aromatic N) is 1. The molecule has 0 spiro atoms. The average molecular weight is 204 g/mol. The zero-order valence-corrected chi connectivity index (χ0v) is 9.71. The van der Waals surface area contributed by atoms with Gasteiger partial charge < -0.3 is 5.32 Å². The van der Waals surface area contributed by atoms with Crippen molar-refractivity contribution in [3.8, 4) is 0 Å². The molecule has 2 rings (SSSR count). The molecule has 0 unspecified atom stereocenters. The first kappa shape index (κ1) is 10.5. The Balaban J connectivity index is 1.88. The monoisotopic (exact) mass is 204 g/mol. The van der Waals surface area contributed by atoms with Crippen LogP contribution in [0.3, 0.4) is 0 Å². The van der Waals surface area contributed by atoms with Gasteiger partial charge in [0.2, 0.25) is 0 Å². The maximum absolute atomic E-state index is 4.20. The van der Waals surface area contributed by atoms with Crippen molar-refractivity contribution in [1.82, 2.24) is 4.98 Å². The summed E-state index contributed by atoms with van der Waals surface area (Å²) in [7, 11) is 0. The third-order valence-electron chi connectivity index (χ3n) is 3.30. The van der Waals surface area contributed by atoms with E-state index >= 15 is 0 Å². The molecule has 2 nitrogen and oxygen atoms in total. The summed E-state index contributed by atoms with van der Waals surface area (Å²) < 4.78 is 0. The third-order valence-corrected chi connectivity index (χ3v) is 3.30. The third kappa shape index (κ3) is 2.71. The largest absolute Gasteiger partial charge is 0.384 e. The molecule has 0 aliphatic heterocycles. The van der Waals surface area contributed by atoms with Gasteiger partial charge in [-0.05, 0) is 43.7 Å². The predicted molar refractivity (Wildman–Crippen MR) is 64.0 cm³/mol. The van der Waals surface area contributed by atoms with Crippen molar-refractivity contribution < 1.29 is 0 Å². The van der Waals surface area contributed by atoms with Crippen molar-refractivity contribution in [2.75, 3.05) is 11.9 Å². The van der Waals surface area contributed by atoms with Gasteiger partial charge in [0.05, 0.1) is 0 Å². The summed E-state index contributed by atoms with van der Waals surface area (Å²) in [5.41, 5.74) is 2.91. The van der Waals surface area contributed by atoms with Crippen LogP contribution < -0.4 is 5.32 Å². The normalized spacial score (nSPS) is 17.5. The van der Waals surface area contributed by atoms with E-state index in [4.69, 9.17) is 0 Å². The minimum Gasteiger partial charge on any atom is -0.384 e. The van der Waals surface area contributed by atoms with Gasteiger partial charge in [0.25, 0.3) is 0 Å². The first-order chi connectivity index (χ1) is 7.24. The second-order valence-electron chi connectivity index (χ2n) is 4.79. The van der Waals surface area contributed by atoms with Crippen molar-refractivity contribution in [3.05, 3.63) is 24.0 Å². The highest BCUT2D eigenvalue weighted by Crippen LogP contribution is 2.49. The minimum atomic E-state index is 0.617. The van der Waals surface area contributed by atoms with Crippen molar-refractivity contribution in [1.29, 1.82) is 0 Å². The van der Waals surface area contributed by atoms with Crippen LogP contribution in [0.25, 0.3) is 0 Å². The smallest absolute Gasteiger partial charge is 0.0393 e. The van der Waals surface area contributed by atoms with Crippen LogP contribution in [-0.4, -0.2) is 11.5 Å². The highest BCUT2D eigenvalue weighted by atomic mass is 14.9. The molecule has 1 fully saturated rings. The lowest BCUT2D eigenvalue weighted by Gasteiger charge is -2.15. The van der Waals surface area contributed by atoms with Crippen LogP contribution in [0.5, 0.6) is 0 Å². The summed E-state index contributed by atoms with van der Waals surface area (Å²) in [5.74, 6) is 0. The highest BCUT2D eigenvalue weighted by molar-refractivity contribution is 5.43. The topological polar surface area (TPSA) is 24.9 Å². The molecule has 15 heavy (non-hydrogen) atoms. The summed E-state index contributed by atoms with van der Waals surface area (Å²) in [5, 5.41) is 3.53. The van der Waals surface area contributed by atoms with Crippen LogP contribution in [-0.2, 0) is 0 Å². The summed E-state index contributed by atoms with van der Waals surface area (Å²) >= 11 is 0. The van der Waals surface area contributed by atoms with Crippen LogP contribution >= 0.6 is 0 Å². The van der Waals surface area contributed by atoms with Gasteiger partial charge >= 0.3 is 0 Å². The molecule has 1 aromatic rings. The van der Waals surface area contributed by atoms with Gasteiger partial charge in [-0.25, -0.2) is 0 Å². The zero-order chi connectivity index (χ0) is 10.7. The summed E-state index contributed by atoms with van der Waals surface area (Å²) in [4.78, 5) is 4.20. The molecule has 1 heterocycles. The van der Waals surface area contributed by atoms with Crippen molar-refractivity contribution in [2.45, 2.75) is 39.5 Å². The van der Waals surface area contributed by atoms with Gasteiger partial charge in [0.15, 0.2) is 0 Å². The summed E-state index contributed by atoms with van der Waals surface area (Å²) in [6.07, 6.45) is 7.34. The van der Waals surface area contributed by atoms with E-state index in [0.29, 0.717) is 5.41 Å². The molecule has 1 N–H and O–H groups in total. The average Bonchev–Trinajstić information content (AvgIpc) is 2.97. The van der Waals surface area contributed by atoms with Crippen LogP contribution in [0.1, 0.15) is 38.3 Å². The Morgan fingerprint density at radius 3 is 2.87 bits per heavy atom. The van der Waals surface area contributed by atoms with Gasteiger partial charge in [0.1, 0.15) is 0 Å². The number of rotatable bonds is 5. The molecular weight excluding hydrogens is 184 g/mol. The first-order valence-electron chi connectivity index (χ1n) is 5.91. The number of nitrogens with one attached hydrogen (secondary N) is 1. The Morgan fingerprint density at radius 2 is 2.27 bits per heavy atom. The van der Waals surface area contributed by atoms with Crippen molar-refractivity contribution in [3.63, 3.8) is 0 Å². The molecule has 1 aromatic heterocycles. The quantitative estimate of drug-likeness (QED) is 0.795. The molecule has 1 saturated carbocycles. The highest BCUT2D eigenvalue weighted by Gasteiger charge is 2.40. The molecule has 0 bridgehead atoms. The lowest BCUT2D eigenvalue weighted by atomic mass is 10.0. The van der Waals surface area contributed by atoms with E-state index in [9.17, 15) is 0 Å². The maximum Gasteiger partial charge on any atom is 0.0393 e. The fourth-order valence-electron chi connectivity index (χ4n) is 2.17.